The molecule has 18 heavy (non-hydrogen) atoms. The van der Waals surface area contributed by atoms with Crippen LogP contribution in [-0.2, 0) is 11.3 Å². The summed E-state index contributed by atoms with van der Waals surface area (Å²) in [7, 11) is 1.95. The summed E-state index contributed by atoms with van der Waals surface area (Å²) in [5, 5.41) is 3.17. The van der Waals surface area contributed by atoms with Gasteiger partial charge in [0.05, 0.1) is 18.4 Å². The van der Waals surface area contributed by atoms with E-state index in [4.69, 9.17) is 4.74 Å². The highest BCUT2D eigenvalue weighted by Crippen LogP contribution is 2.30. The lowest BCUT2D eigenvalue weighted by atomic mass is 10.1. The number of morpholine rings is 1. The zero-order chi connectivity index (χ0) is 12.4. The largest absolute Gasteiger partial charge is 0.388 e. The first kappa shape index (κ1) is 11.9. The zero-order valence-electron chi connectivity index (χ0n) is 10.9. The second-order valence-corrected chi connectivity index (χ2v) is 5.16. The highest BCUT2D eigenvalue weighted by molar-refractivity contribution is 5.42. The van der Waals surface area contributed by atoms with Crippen molar-refractivity contribution >= 4 is 5.69 Å². The summed E-state index contributed by atoms with van der Waals surface area (Å²) in [5.74, 6) is 0. The molecule has 0 amide bonds. The van der Waals surface area contributed by atoms with Gasteiger partial charge in [-0.1, -0.05) is 0 Å². The second kappa shape index (κ2) is 5.24. The van der Waals surface area contributed by atoms with Gasteiger partial charge < -0.3 is 10.1 Å². The molecule has 2 aliphatic rings. The molecule has 4 nitrogen and oxygen atoms in total. The number of nitrogens with zero attached hydrogens (tertiary/aromatic N) is 2. The number of aromatic nitrogens is 1. The lowest BCUT2D eigenvalue weighted by Gasteiger charge is -2.37. The van der Waals surface area contributed by atoms with E-state index in [2.05, 4.69) is 21.3 Å². The highest BCUT2D eigenvalue weighted by atomic mass is 16.5. The Morgan fingerprint density at radius 2 is 2.44 bits per heavy atom. The van der Waals surface area contributed by atoms with Gasteiger partial charge in [0.15, 0.2) is 0 Å². The summed E-state index contributed by atoms with van der Waals surface area (Å²) in [5.41, 5.74) is 2.28. The van der Waals surface area contributed by atoms with E-state index in [0.29, 0.717) is 12.1 Å². The summed E-state index contributed by atoms with van der Waals surface area (Å²) in [4.78, 5) is 7.02. The predicted octanol–water partition coefficient (Wildman–Crippen LogP) is 1.88. The van der Waals surface area contributed by atoms with E-state index < -0.39 is 0 Å². The van der Waals surface area contributed by atoms with Gasteiger partial charge in [-0.3, -0.25) is 9.88 Å². The zero-order valence-corrected chi connectivity index (χ0v) is 10.9. The molecule has 1 saturated heterocycles. The molecule has 1 N–H and O–H groups in total. The Balaban J connectivity index is 1.70. The normalized spacial score (nSPS) is 28.1. The fourth-order valence-electron chi connectivity index (χ4n) is 3.13. The number of hydrogen-bond donors (Lipinski definition) is 1. The van der Waals surface area contributed by atoms with E-state index in [-0.39, 0.29) is 0 Å². The molecular weight excluding hydrogens is 226 g/mol. The number of pyridine rings is 1. The minimum atomic E-state index is 0.464. The minimum absolute atomic E-state index is 0.464. The quantitative estimate of drug-likeness (QED) is 0.885. The summed E-state index contributed by atoms with van der Waals surface area (Å²) in [6, 6.07) is 4.75. The highest BCUT2D eigenvalue weighted by Gasteiger charge is 2.35. The molecule has 4 heteroatoms. The molecule has 1 aliphatic carbocycles. The van der Waals surface area contributed by atoms with Gasteiger partial charge in [-0.05, 0) is 31.4 Å². The maximum Gasteiger partial charge on any atom is 0.0731 e. The van der Waals surface area contributed by atoms with Crippen molar-refractivity contribution in [1.29, 1.82) is 0 Å². The average molecular weight is 247 g/mol. The van der Waals surface area contributed by atoms with Crippen molar-refractivity contribution in [3.05, 3.63) is 24.0 Å². The molecule has 1 aromatic heterocycles. The Morgan fingerprint density at radius 1 is 1.50 bits per heavy atom. The van der Waals surface area contributed by atoms with Gasteiger partial charge >= 0.3 is 0 Å². The minimum Gasteiger partial charge on any atom is -0.388 e. The van der Waals surface area contributed by atoms with Gasteiger partial charge in [-0.25, -0.2) is 0 Å². The van der Waals surface area contributed by atoms with Gasteiger partial charge in [0.25, 0.3) is 0 Å². The first-order valence-electron chi connectivity index (χ1n) is 6.85. The van der Waals surface area contributed by atoms with Gasteiger partial charge in [-0.15, -0.1) is 0 Å². The van der Waals surface area contributed by atoms with Crippen molar-refractivity contribution in [1.82, 2.24) is 9.88 Å². The molecule has 3 rings (SSSR count). The van der Waals surface area contributed by atoms with Crippen LogP contribution in [0.1, 0.15) is 25.0 Å². The molecule has 2 atom stereocenters. The molecule has 0 bridgehead atoms. The molecule has 1 aliphatic heterocycles. The monoisotopic (exact) mass is 247 g/mol. The number of ether oxygens (including phenoxy) is 1. The topological polar surface area (TPSA) is 37.4 Å². The van der Waals surface area contributed by atoms with Crippen LogP contribution in [0, 0.1) is 0 Å². The van der Waals surface area contributed by atoms with E-state index in [1.54, 1.807) is 0 Å². The fraction of sp³-hybridized carbons (Fsp3) is 0.643. The molecule has 1 aromatic rings. The number of nitrogens with one attached hydrogen (secondary N) is 1. The third-order valence-electron chi connectivity index (χ3n) is 4.07. The Bertz CT molecular complexity index is 410. The number of hydrogen-bond acceptors (Lipinski definition) is 4. The van der Waals surface area contributed by atoms with E-state index in [9.17, 15) is 0 Å². The summed E-state index contributed by atoms with van der Waals surface area (Å²) in [6.07, 6.45) is 6.15. The maximum absolute atomic E-state index is 5.84. The van der Waals surface area contributed by atoms with Crippen molar-refractivity contribution in [3.63, 3.8) is 0 Å². The lowest BCUT2D eigenvalue weighted by molar-refractivity contribution is -0.0591. The third-order valence-corrected chi connectivity index (χ3v) is 4.07. The molecule has 0 radical (unpaired) electrons. The van der Waals surface area contributed by atoms with Crippen LogP contribution in [0.3, 0.4) is 0 Å². The summed E-state index contributed by atoms with van der Waals surface area (Å²) in [6.45, 7) is 2.85. The van der Waals surface area contributed by atoms with Gasteiger partial charge in [0.2, 0.25) is 0 Å². The summed E-state index contributed by atoms with van der Waals surface area (Å²) < 4.78 is 5.84. The lowest BCUT2D eigenvalue weighted by Crippen LogP contribution is -2.47. The molecule has 2 fully saturated rings. The number of rotatable bonds is 3. The van der Waals surface area contributed by atoms with Gasteiger partial charge in [-0.2, -0.15) is 0 Å². The maximum atomic E-state index is 5.84. The average Bonchev–Trinajstić information content (AvgIpc) is 2.88. The smallest absolute Gasteiger partial charge is 0.0731 e. The van der Waals surface area contributed by atoms with Crippen LogP contribution >= 0.6 is 0 Å². The van der Waals surface area contributed by atoms with Crippen molar-refractivity contribution < 1.29 is 4.74 Å². The Labute approximate surface area is 108 Å². The van der Waals surface area contributed by atoms with Crippen molar-refractivity contribution in [3.8, 4) is 0 Å². The van der Waals surface area contributed by atoms with Crippen LogP contribution in [0.2, 0.25) is 0 Å². The second-order valence-electron chi connectivity index (χ2n) is 5.16. The summed E-state index contributed by atoms with van der Waals surface area (Å²) >= 11 is 0. The molecule has 98 valence electrons. The molecule has 1 saturated carbocycles. The molecule has 0 spiro atoms. The van der Waals surface area contributed by atoms with Crippen molar-refractivity contribution in [2.24, 2.45) is 0 Å². The molecule has 0 aromatic carbocycles. The van der Waals surface area contributed by atoms with Crippen LogP contribution < -0.4 is 5.32 Å². The van der Waals surface area contributed by atoms with E-state index in [1.165, 1.54) is 19.3 Å². The van der Waals surface area contributed by atoms with Crippen molar-refractivity contribution in [2.75, 3.05) is 25.5 Å². The Kier molecular flexibility index (Phi) is 3.48. The Morgan fingerprint density at radius 3 is 3.33 bits per heavy atom. The van der Waals surface area contributed by atoms with E-state index in [0.717, 1.165) is 31.1 Å². The Hall–Kier alpha value is -1.13. The first-order chi connectivity index (χ1) is 8.86. The van der Waals surface area contributed by atoms with Crippen LogP contribution in [0.25, 0.3) is 0 Å². The first-order valence-corrected chi connectivity index (χ1v) is 6.85. The number of anilines is 1. The predicted molar refractivity (Wildman–Crippen MR) is 71.6 cm³/mol. The van der Waals surface area contributed by atoms with Gasteiger partial charge in [0.1, 0.15) is 0 Å². The van der Waals surface area contributed by atoms with E-state index >= 15 is 0 Å². The van der Waals surface area contributed by atoms with Crippen molar-refractivity contribution in [2.45, 2.75) is 38.0 Å². The number of fused-ring (bicyclic) bond motifs is 1. The van der Waals surface area contributed by atoms with Crippen LogP contribution in [0.15, 0.2) is 18.3 Å². The molecule has 2 unspecified atom stereocenters. The van der Waals surface area contributed by atoms with Crippen LogP contribution in [-0.4, -0.2) is 42.2 Å². The molecule has 2 heterocycles. The fourth-order valence-corrected chi connectivity index (χ4v) is 3.13. The van der Waals surface area contributed by atoms with Crippen LogP contribution in [0.5, 0.6) is 0 Å². The SMILES string of the molecule is CNc1ccnc(CN2CCOC3CCCC32)c1. The molecular formula is C14H21N3O. The third kappa shape index (κ3) is 2.35. The van der Waals surface area contributed by atoms with Gasteiger partial charge in [0, 0.05) is 38.1 Å². The van der Waals surface area contributed by atoms with Crippen LogP contribution in [0.4, 0.5) is 5.69 Å². The van der Waals surface area contributed by atoms with E-state index in [1.807, 2.05) is 19.3 Å². The standard InChI is InChI=1S/C14H21N3O/c1-15-11-5-6-16-12(9-11)10-17-7-8-18-14-4-2-3-13(14)17/h5-6,9,13-14H,2-4,7-8,10H2,1H3,(H,15,16).